The number of amides is 2. The third-order valence-electron chi connectivity index (χ3n) is 2.13. The summed E-state index contributed by atoms with van der Waals surface area (Å²) in [6.45, 7) is 1.93. The Morgan fingerprint density at radius 2 is 2.18 bits per heavy atom. The Morgan fingerprint density at radius 3 is 2.82 bits per heavy atom. The van der Waals surface area contributed by atoms with Crippen LogP contribution in [0.5, 0.6) is 0 Å². The summed E-state index contributed by atoms with van der Waals surface area (Å²) in [5.41, 5.74) is 7.86. The van der Waals surface area contributed by atoms with Crippen LogP contribution in [0.1, 0.15) is 5.56 Å². The number of carbonyl (C=O) groups is 1. The Bertz CT molecular complexity index is 522. The van der Waals surface area contributed by atoms with Gasteiger partial charge in [-0.1, -0.05) is 11.2 Å². The topological polar surface area (TPSA) is 93.2 Å². The van der Waals surface area contributed by atoms with E-state index in [1.807, 2.05) is 13.0 Å². The van der Waals surface area contributed by atoms with Crippen LogP contribution in [0.15, 0.2) is 35.0 Å². The van der Waals surface area contributed by atoms with Crippen LogP contribution in [-0.4, -0.2) is 11.2 Å². The lowest BCUT2D eigenvalue weighted by Gasteiger charge is -2.08. The molecule has 2 aromatic rings. The SMILES string of the molecule is Cc1ccc(NC(=O)Nc2ccno2)c(N)c1. The predicted molar refractivity (Wildman–Crippen MR) is 64.7 cm³/mol. The van der Waals surface area contributed by atoms with E-state index in [2.05, 4.69) is 15.8 Å². The van der Waals surface area contributed by atoms with Crippen LogP contribution < -0.4 is 16.4 Å². The maximum atomic E-state index is 11.6. The van der Waals surface area contributed by atoms with Crippen LogP contribution in [-0.2, 0) is 0 Å². The summed E-state index contributed by atoms with van der Waals surface area (Å²) in [5.74, 6) is 0.271. The number of benzene rings is 1. The van der Waals surface area contributed by atoms with Gasteiger partial charge in [-0.05, 0) is 24.6 Å². The number of nitrogen functional groups attached to an aromatic ring is 1. The molecule has 2 rings (SSSR count). The van der Waals surface area contributed by atoms with Gasteiger partial charge in [-0.15, -0.1) is 0 Å². The average Bonchev–Trinajstić information content (AvgIpc) is 2.75. The summed E-state index contributed by atoms with van der Waals surface area (Å²) in [6.07, 6.45) is 1.44. The maximum Gasteiger partial charge on any atom is 0.326 e. The largest absolute Gasteiger partial charge is 0.397 e. The Hall–Kier alpha value is -2.50. The summed E-state index contributed by atoms with van der Waals surface area (Å²) in [6, 6.07) is 6.49. The Morgan fingerprint density at radius 1 is 1.35 bits per heavy atom. The van der Waals surface area contributed by atoms with Gasteiger partial charge in [-0.3, -0.25) is 5.32 Å². The molecule has 0 spiro atoms. The highest BCUT2D eigenvalue weighted by Gasteiger charge is 2.06. The molecule has 1 aromatic carbocycles. The minimum atomic E-state index is -0.433. The van der Waals surface area contributed by atoms with Crippen molar-refractivity contribution in [1.82, 2.24) is 5.16 Å². The molecular weight excluding hydrogens is 220 g/mol. The Kier molecular flexibility index (Phi) is 2.95. The van der Waals surface area contributed by atoms with Crippen molar-refractivity contribution in [2.45, 2.75) is 6.92 Å². The van der Waals surface area contributed by atoms with E-state index in [-0.39, 0.29) is 5.88 Å². The first-order valence-corrected chi connectivity index (χ1v) is 5.00. The van der Waals surface area contributed by atoms with E-state index in [0.717, 1.165) is 5.56 Å². The molecule has 4 N–H and O–H groups in total. The molecular formula is C11H12N4O2. The van der Waals surface area contributed by atoms with Crippen molar-refractivity contribution >= 4 is 23.3 Å². The molecule has 0 saturated carbocycles. The van der Waals surface area contributed by atoms with Crippen LogP contribution in [0.25, 0.3) is 0 Å². The van der Waals surface area contributed by atoms with Crippen LogP contribution in [0, 0.1) is 6.92 Å². The molecule has 17 heavy (non-hydrogen) atoms. The van der Waals surface area contributed by atoms with Gasteiger partial charge < -0.3 is 15.6 Å². The van der Waals surface area contributed by atoms with Crippen molar-refractivity contribution < 1.29 is 9.32 Å². The lowest BCUT2D eigenvalue weighted by molar-refractivity contribution is 0.261. The van der Waals surface area contributed by atoms with Crippen molar-refractivity contribution in [1.29, 1.82) is 0 Å². The number of nitrogens with two attached hydrogens (primary N) is 1. The van der Waals surface area contributed by atoms with Crippen molar-refractivity contribution in [2.24, 2.45) is 0 Å². The number of aromatic nitrogens is 1. The van der Waals surface area contributed by atoms with Gasteiger partial charge >= 0.3 is 6.03 Å². The molecule has 1 heterocycles. The lowest BCUT2D eigenvalue weighted by atomic mass is 10.2. The number of urea groups is 1. The summed E-state index contributed by atoms with van der Waals surface area (Å²) >= 11 is 0. The molecule has 0 aliphatic heterocycles. The molecule has 88 valence electrons. The van der Waals surface area contributed by atoms with Gasteiger partial charge in [0.25, 0.3) is 0 Å². The first-order chi connectivity index (χ1) is 8.15. The number of hydrogen-bond donors (Lipinski definition) is 3. The standard InChI is InChI=1S/C11H12N4O2/c1-7-2-3-9(8(12)6-7)14-11(16)15-10-4-5-13-17-10/h2-6H,12H2,1H3,(H2,14,15,16). The van der Waals surface area contributed by atoms with Gasteiger partial charge in [0.05, 0.1) is 17.6 Å². The predicted octanol–water partition coefficient (Wildman–Crippen LogP) is 2.21. The number of nitrogens with one attached hydrogen (secondary N) is 2. The summed E-state index contributed by atoms with van der Waals surface area (Å²) in [7, 11) is 0. The van der Waals surface area contributed by atoms with Crippen molar-refractivity contribution in [3.63, 3.8) is 0 Å². The maximum absolute atomic E-state index is 11.6. The van der Waals surface area contributed by atoms with E-state index in [9.17, 15) is 4.79 Å². The number of carbonyl (C=O) groups excluding carboxylic acids is 1. The number of hydrogen-bond acceptors (Lipinski definition) is 4. The van der Waals surface area contributed by atoms with Gasteiger partial charge in [0.2, 0.25) is 5.88 Å². The summed E-state index contributed by atoms with van der Waals surface area (Å²) in [5, 5.41) is 8.56. The van der Waals surface area contributed by atoms with E-state index < -0.39 is 6.03 Å². The number of nitrogens with zero attached hydrogens (tertiary/aromatic N) is 1. The van der Waals surface area contributed by atoms with E-state index in [0.29, 0.717) is 11.4 Å². The molecule has 2 amide bonds. The second kappa shape index (κ2) is 4.56. The third kappa shape index (κ3) is 2.75. The second-order valence-electron chi connectivity index (χ2n) is 3.55. The van der Waals surface area contributed by atoms with Gasteiger partial charge in [0, 0.05) is 6.07 Å². The molecule has 0 aliphatic carbocycles. The fourth-order valence-electron chi connectivity index (χ4n) is 1.34. The fraction of sp³-hybridized carbons (Fsp3) is 0.0909. The van der Waals surface area contributed by atoms with Gasteiger partial charge in [0.15, 0.2) is 0 Å². The Labute approximate surface area is 97.8 Å². The van der Waals surface area contributed by atoms with Crippen molar-refractivity contribution in [3.05, 3.63) is 36.0 Å². The second-order valence-corrected chi connectivity index (χ2v) is 3.55. The minimum Gasteiger partial charge on any atom is -0.397 e. The minimum absolute atomic E-state index is 0.271. The highest BCUT2D eigenvalue weighted by Crippen LogP contribution is 2.19. The van der Waals surface area contributed by atoms with E-state index >= 15 is 0 Å². The zero-order chi connectivity index (χ0) is 12.3. The highest BCUT2D eigenvalue weighted by atomic mass is 16.5. The molecule has 6 nitrogen and oxygen atoms in total. The average molecular weight is 232 g/mol. The zero-order valence-corrected chi connectivity index (χ0v) is 9.23. The Balaban J connectivity index is 2.03. The number of anilines is 3. The van der Waals surface area contributed by atoms with E-state index in [4.69, 9.17) is 10.3 Å². The van der Waals surface area contributed by atoms with Gasteiger partial charge in [-0.2, -0.15) is 0 Å². The molecule has 0 bridgehead atoms. The smallest absolute Gasteiger partial charge is 0.326 e. The van der Waals surface area contributed by atoms with E-state index in [1.54, 1.807) is 12.1 Å². The van der Waals surface area contributed by atoms with Gasteiger partial charge in [-0.25, -0.2) is 4.79 Å². The molecule has 0 fully saturated rings. The van der Waals surface area contributed by atoms with Gasteiger partial charge in [0.1, 0.15) is 0 Å². The van der Waals surface area contributed by atoms with Crippen LogP contribution in [0.2, 0.25) is 0 Å². The molecule has 1 aromatic heterocycles. The summed E-state index contributed by atoms with van der Waals surface area (Å²) in [4.78, 5) is 11.6. The zero-order valence-electron chi connectivity index (χ0n) is 9.23. The van der Waals surface area contributed by atoms with Crippen LogP contribution >= 0.6 is 0 Å². The first kappa shape index (κ1) is 11.0. The fourth-order valence-corrected chi connectivity index (χ4v) is 1.34. The van der Waals surface area contributed by atoms with Crippen LogP contribution in [0.3, 0.4) is 0 Å². The van der Waals surface area contributed by atoms with Crippen LogP contribution in [0.4, 0.5) is 22.1 Å². The molecule has 0 saturated heterocycles. The lowest BCUT2D eigenvalue weighted by Crippen LogP contribution is -2.19. The first-order valence-electron chi connectivity index (χ1n) is 5.00. The van der Waals surface area contributed by atoms with Crippen molar-refractivity contribution in [3.8, 4) is 0 Å². The number of aryl methyl sites for hydroxylation is 1. The van der Waals surface area contributed by atoms with Crippen molar-refractivity contribution in [2.75, 3.05) is 16.4 Å². The quantitative estimate of drug-likeness (QED) is 0.692. The monoisotopic (exact) mass is 232 g/mol. The highest BCUT2D eigenvalue weighted by molar-refractivity contribution is 6.00. The third-order valence-corrected chi connectivity index (χ3v) is 2.13. The summed E-state index contributed by atoms with van der Waals surface area (Å²) < 4.78 is 4.74. The molecule has 0 radical (unpaired) electrons. The molecule has 0 atom stereocenters. The molecule has 6 heteroatoms. The number of rotatable bonds is 2. The van der Waals surface area contributed by atoms with E-state index in [1.165, 1.54) is 12.3 Å². The molecule has 0 aliphatic rings. The molecule has 0 unspecified atom stereocenters. The normalized spacial score (nSPS) is 9.94.